The highest BCUT2D eigenvalue weighted by molar-refractivity contribution is 7.99. The van der Waals surface area contributed by atoms with Gasteiger partial charge in [0.2, 0.25) is 11.8 Å². The van der Waals surface area contributed by atoms with Crippen LogP contribution in [-0.2, 0) is 9.59 Å². The van der Waals surface area contributed by atoms with Gasteiger partial charge in [0.1, 0.15) is 5.75 Å². The van der Waals surface area contributed by atoms with Gasteiger partial charge in [0.25, 0.3) is 0 Å². The van der Waals surface area contributed by atoms with Crippen LogP contribution in [0.5, 0.6) is 5.75 Å². The van der Waals surface area contributed by atoms with Crippen LogP contribution < -0.4 is 16.2 Å². The van der Waals surface area contributed by atoms with E-state index in [0.29, 0.717) is 42.1 Å². The van der Waals surface area contributed by atoms with Crippen molar-refractivity contribution in [1.29, 1.82) is 0 Å². The number of carboxylic acid groups (broad SMARTS) is 2. The molecule has 2 aromatic rings. The first-order valence-electron chi connectivity index (χ1n) is 9.55. The van der Waals surface area contributed by atoms with E-state index in [1.54, 1.807) is 36.4 Å². The number of nitrogens with zero attached hydrogens (tertiary/aromatic N) is 2. The van der Waals surface area contributed by atoms with Crippen LogP contribution in [0.15, 0.2) is 58.4 Å². The molecule has 0 spiro atoms. The van der Waals surface area contributed by atoms with E-state index in [2.05, 4.69) is 4.99 Å². The number of amides is 2. The topological polar surface area (TPSA) is 186 Å². The van der Waals surface area contributed by atoms with Crippen LogP contribution in [0.25, 0.3) is 0 Å². The standard InChI is InChI=1S/C20H20N4O4S.CH2O3/c21-20(22)23-14-3-1-13(2-4-14)19(27)28-15-5-7-16(8-6-15)29-12-11-24-17(25)9-10-18(24)26;2-1(3)4/h1-8H,9-12H2,(H4,21,22,23);(H2,2,3,4). The lowest BCUT2D eigenvalue weighted by Gasteiger charge is -2.13. The molecule has 6 N–H and O–H groups in total. The van der Waals surface area contributed by atoms with Crippen LogP contribution in [0.2, 0.25) is 0 Å². The highest BCUT2D eigenvalue weighted by atomic mass is 32.2. The maximum atomic E-state index is 12.2. The summed E-state index contributed by atoms with van der Waals surface area (Å²) in [6.07, 6.45) is -1.22. The molecule has 1 fully saturated rings. The summed E-state index contributed by atoms with van der Waals surface area (Å²) in [6.45, 7) is 0.398. The van der Waals surface area contributed by atoms with Crippen molar-refractivity contribution in [1.82, 2.24) is 4.90 Å². The van der Waals surface area contributed by atoms with E-state index in [4.69, 9.17) is 31.2 Å². The van der Waals surface area contributed by atoms with Gasteiger partial charge in [-0.1, -0.05) is 0 Å². The molecule has 2 aromatic carbocycles. The summed E-state index contributed by atoms with van der Waals surface area (Å²) < 4.78 is 5.36. The van der Waals surface area contributed by atoms with Gasteiger partial charge in [-0.3, -0.25) is 14.5 Å². The van der Waals surface area contributed by atoms with Crippen LogP contribution in [-0.4, -0.2) is 57.3 Å². The molecule has 3 rings (SSSR count). The second kappa shape index (κ2) is 12.1. The molecule has 174 valence electrons. The molecule has 1 aliphatic rings. The third-order valence-corrected chi connectivity index (χ3v) is 5.13. The molecule has 1 saturated heterocycles. The summed E-state index contributed by atoms with van der Waals surface area (Å²) in [4.78, 5) is 50.1. The Morgan fingerprint density at radius 1 is 0.970 bits per heavy atom. The third kappa shape index (κ3) is 8.53. The Morgan fingerprint density at radius 2 is 1.52 bits per heavy atom. The smallest absolute Gasteiger partial charge is 0.450 e. The summed E-state index contributed by atoms with van der Waals surface area (Å²) in [5.74, 6) is 0.259. The number of guanidine groups is 1. The monoisotopic (exact) mass is 474 g/mol. The van der Waals surface area contributed by atoms with E-state index in [-0.39, 0.29) is 17.8 Å². The number of benzene rings is 2. The van der Waals surface area contributed by atoms with Crippen LogP contribution in [0.3, 0.4) is 0 Å². The molecule has 1 aliphatic heterocycles. The van der Waals surface area contributed by atoms with Gasteiger partial charge in [0, 0.05) is 30.0 Å². The number of nitrogens with two attached hydrogens (primary N) is 2. The van der Waals surface area contributed by atoms with Crippen molar-refractivity contribution in [2.75, 3.05) is 12.3 Å². The molecule has 2 amide bonds. The molecule has 33 heavy (non-hydrogen) atoms. The van der Waals surface area contributed by atoms with Crippen molar-refractivity contribution in [2.45, 2.75) is 17.7 Å². The van der Waals surface area contributed by atoms with Crippen LogP contribution in [0.4, 0.5) is 10.5 Å². The first-order chi connectivity index (χ1) is 15.7. The van der Waals surface area contributed by atoms with Gasteiger partial charge in [-0.2, -0.15) is 0 Å². The minimum atomic E-state index is -1.83. The van der Waals surface area contributed by atoms with Gasteiger partial charge >= 0.3 is 12.1 Å². The third-order valence-electron chi connectivity index (χ3n) is 4.13. The fraction of sp³-hybridized carbons (Fsp3) is 0.190. The van der Waals surface area contributed by atoms with Crippen molar-refractivity contribution in [3.05, 3.63) is 54.1 Å². The van der Waals surface area contributed by atoms with E-state index in [1.807, 2.05) is 12.1 Å². The second-order valence-corrected chi connectivity index (χ2v) is 7.68. The van der Waals surface area contributed by atoms with Gasteiger partial charge in [-0.15, -0.1) is 11.8 Å². The minimum Gasteiger partial charge on any atom is -0.450 e. The Morgan fingerprint density at radius 3 is 2.03 bits per heavy atom. The Kier molecular flexibility index (Phi) is 9.24. The number of carbonyl (C=O) groups is 4. The number of thioether (sulfide) groups is 1. The average molecular weight is 474 g/mol. The minimum absolute atomic E-state index is 0.0584. The Bertz CT molecular complexity index is 1020. The number of imide groups is 1. The first-order valence-corrected chi connectivity index (χ1v) is 10.5. The van der Waals surface area contributed by atoms with Gasteiger partial charge in [-0.05, 0) is 48.5 Å². The molecule has 12 heteroatoms. The number of hydrogen-bond donors (Lipinski definition) is 4. The van der Waals surface area contributed by atoms with Gasteiger partial charge in [-0.25, -0.2) is 14.6 Å². The first kappa shape index (κ1) is 25.2. The number of carbonyl (C=O) groups excluding carboxylic acids is 3. The lowest BCUT2D eigenvalue weighted by molar-refractivity contribution is -0.137. The van der Waals surface area contributed by atoms with Crippen molar-refractivity contribution in [3.63, 3.8) is 0 Å². The summed E-state index contributed by atoms with van der Waals surface area (Å²) in [6, 6.07) is 13.4. The molecule has 0 bridgehead atoms. The van der Waals surface area contributed by atoms with Crippen molar-refractivity contribution in [3.8, 4) is 5.75 Å². The van der Waals surface area contributed by atoms with Crippen molar-refractivity contribution in [2.24, 2.45) is 16.5 Å². The number of aliphatic imine (C=N–C) groups is 1. The summed E-state index contributed by atoms with van der Waals surface area (Å²) in [5, 5.41) is 13.9. The van der Waals surface area contributed by atoms with Crippen molar-refractivity contribution >= 4 is 47.3 Å². The Hall–Kier alpha value is -4.06. The Balaban J connectivity index is 0.000000890. The maximum Gasteiger partial charge on any atom is 0.503 e. The lowest BCUT2D eigenvalue weighted by atomic mass is 10.2. The molecule has 0 atom stereocenters. The predicted octanol–water partition coefficient (Wildman–Crippen LogP) is 2.27. The summed E-state index contributed by atoms with van der Waals surface area (Å²) in [7, 11) is 0. The molecule has 0 radical (unpaired) electrons. The normalized spacial score (nSPS) is 12.5. The number of hydrogen-bond acceptors (Lipinski definition) is 7. The van der Waals surface area contributed by atoms with Gasteiger partial charge < -0.3 is 26.4 Å². The molecule has 0 aliphatic carbocycles. The fourth-order valence-electron chi connectivity index (χ4n) is 2.72. The summed E-state index contributed by atoms with van der Waals surface area (Å²) in [5.41, 5.74) is 11.5. The zero-order chi connectivity index (χ0) is 24.4. The number of rotatable bonds is 7. The number of likely N-dealkylation sites (tertiary alicyclic amines) is 1. The largest absolute Gasteiger partial charge is 0.503 e. The molecule has 0 saturated carbocycles. The molecule has 0 aromatic heterocycles. The molecule has 0 unspecified atom stereocenters. The highest BCUT2D eigenvalue weighted by Gasteiger charge is 2.28. The molecule has 11 nitrogen and oxygen atoms in total. The SMILES string of the molecule is NC(N)=Nc1ccc(C(=O)Oc2ccc(SCCN3C(=O)CCC3=O)cc2)cc1.O=C(O)O. The maximum absolute atomic E-state index is 12.2. The second-order valence-electron chi connectivity index (χ2n) is 6.51. The molecular formula is C21H22N4O7S. The van der Waals surface area contributed by atoms with Crippen LogP contribution >= 0.6 is 11.8 Å². The van der Waals surface area contributed by atoms with Gasteiger partial charge in [0.05, 0.1) is 11.3 Å². The predicted molar refractivity (Wildman–Crippen MR) is 121 cm³/mol. The highest BCUT2D eigenvalue weighted by Crippen LogP contribution is 2.23. The molecule has 1 heterocycles. The lowest BCUT2D eigenvalue weighted by Crippen LogP contribution is -2.31. The zero-order valence-electron chi connectivity index (χ0n) is 17.3. The van der Waals surface area contributed by atoms with E-state index >= 15 is 0 Å². The number of esters is 1. The van der Waals surface area contributed by atoms with Crippen LogP contribution in [0, 0.1) is 0 Å². The van der Waals surface area contributed by atoms with Crippen molar-refractivity contribution < 1.29 is 34.1 Å². The molecular weight excluding hydrogens is 452 g/mol. The fourth-order valence-corrected chi connectivity index (χ4v) is 3.56. The Labute approximate surface area is 193 Å². The number of ether oxygens (including phenoxy) is 1. The average Bonchev–Trinajstić information content (AvgIpc) is 3.07. The summed E-state index contributed by atoms with van der Waals surface area (Å²) >= 11 is 1.52. The van der Waals surface area contributed by atoms with E-state index in [1.165, 1.54) is 16.7 Å². The van der Waals surface area contributed by atoms with E-state index in [9.17, 15) is 14.4 Å². The van der Waals surface area contributed by atoms with E-state index < -0.39 is 12.1 Å². The van der Waals surface area contributed by atoms with Crippen LogP contribution in [0.1, 0.15) is 23.2 Å². The quantitative estimate of drug-likeness (QED) is 0.116. The van der Waals surface area contributed by atoms with E-state index in [0.717, 1.165) is 4.90 Å². The van der Waals surface area contributed by atoms with Gasteiger partial charge in [0.15, 0.2) is 5.96 Å². The zero-order valence-corrected chi connectivity index (χ0v) is 18.2.